The highest BCUT2D eigenvalue weighted by atomic mass is 35.5. The summed E-state index contributed by atoms with van der Waals surface area (Å²) < 4.78 is 1.52. The summed E-state index contributed by atoms with van der Waals surface area (Å²) in [6.07, 6.45) is 0. The molecule has 0 spiro atoms. The van der Waals surface area contributed by atoms with E-state index >= 15 is 0 Å². The van der Waals surface area contributed by atoms with Crippen LogP contribution in [0, 0.1) is 0 Å². The maximum Gasteiger partial charge on any atom is 0.272 e. The van der Waals surface area contributed by atoms with Gasteiger partial charge in [-0.3, -0.25) is 9.59 Å². The van der Waals surface area contributed by atoms with Crippen molar-refractivity contribution in [3.63, 3.8) is 0 Å². The summed E-state index contributed by atoms with van der Waals surface area (Å²) >= 11 is 6.10. The van der Waals surface area contributed by atoms with Crippen LogP contribution < -0.4 is 10.6 Å². The Labute approximate surface area is 155 Å². The maximum absolute atomic E-state index is 12.5. The van der Waals surface area contributed by atoms with Crippen molar-refractivity contribution < 1.29 is 9.59 Å². The van der Waals surface area contributed by atoms with Crippen molar-refractivity contribution in [2.75, 3.05) is 5.32 Å². The lowest BCUT2D eigenvalue weighted by molar-refractivity contribution is -0.114. The first-order valence-electron chi connectivity index (χ1n) is 7.99. The Bertz CT molecular complexity index is 938. The van der Waals surface area contributed by atoms with Crippen LogP contribution in [-0.2, 0) is 11.3 Å². The Morgan fingerprint density at radius 1 is 1.08 bits per heavy atom. The molecule has 2 aromatic carbocycles. The molecular formula is C19H17ClN4O2. The lowest BCUT2D eigenvalue weighted by Gasteiger charge is -2.06. The maximum atomic E-state index is 12.5. The second-order valence-corrected chi connectivity index (χ2v) is 6.02. The quantitative estimate of drug-likeness (QED) is 0.724. The zero-order valence-electron chi connectivity index (χ0n) is 14.1. The third kappa shape index (κ3) is 4.10. The smallest absolute Gasteiger partial charge is 0.272 e. The standard InChI is InChI=1S/C19H17ClN4O2/c1-13(25)22-18-11-17(23-24(18)15-8-3-2-4-9-15)19(26)21-12-14-7-5-6-10-16(14)20/h2-11H,12H2,1H3,(H,21,26)(H,22,25). The normalized spacial score (nSPS) is 10.4. The minimum Gasteiger partial charge on any atom is -0.347 e. The van der Waals surface area contributed by atoms with E-state index in [-0.39, 0.29) is 24.1 Å². The molecular weight excluding hydrogens is 352 g/mol. The van der Waals surface area contributed by atoms with Crippen molar-refractivity contribution >= 4 is 29.2 Å². The first kappa shape index (κ1) is 17.7. The zero-order chi connectivity index (χ0) is 18.5. The van der Waals surface area contributed by atoms with Crippen LogP contribution in [0.3, 0.4) is 0 Å². The monoisotopic (exact) mass is 368 g/mol. The molecule has 0 radical (unpaired) electrons. The fourth-order valence-electron chi connectivity index (χ4n) is 2.44. The van der Waals surface area contributed by atoms with E-state index in [0.717, 1.165) is 11.3 Å². The van der Waals surface area contributed by atoms with Crippen LogP contribution in [0.25, 0.3) is 5.69 Å². The van der Waals surface area contributed by atoms with Crippen LogP contribution in [0.4, 0.5) is 5.82 Å². The molecule has 132 valence electrons. The van der Waals surface area contributed by atoms with Crippen LogP contribution in [0.2, 0.25) is 5.02 Å². The Morgan fingerprint density at radius 2 is 1.77 bits per heavy atom. The summed E-state index contributed by atoms with van der Waals surface area (Å²) in [7, 11) is 0. The molecule has 3 aromatic rings. The number of para-hydroxylation sites is 1. The Hall–Kier alpha value is -3.12. The summed E-state index contributed by atoms with van der Waals surface area (Å²) in [6.45, 7) is 1.69. The summed E-state index contributed by atoms with van der Waals surface area (Å²) in [6, 6.07) is 18.1. The highest BCUT2D eigenvalue weighted by Crippen LogP contribution is 2.18. The van der Waals surface area contributed by atoms with Gasteiger partial charge in [-0.25, -0.2) is 4.68 Å². The van der Waals surface area contributed by atoms with Crippen LogP contribution in [0.1, 0.15) is 23.0 Å². The van der Waals surface area contributed by atoms with E-state index in [4.69, 9.17) is 11.6 Å². The predicted molar refractivity (Wildman–Crippen MR) is 100 cm³/mol. The summed E-state index contributed by atoms with van der Waals surface area (Å²) in [5.41, 5.74) is 1.75. The third-order valence-corrected chi connectivity index (χ3v) is 4.01. The molecule has 1 aromatic heterocycles. The number of hydrogen-bond donors (Lipinski definition) is 2. The van der Waals surface area contributed by atoms with Gasteiger partial charge in [-0.05, 0) is 23.8 Å². The van der Waals surface area contributed by atoms with E-state index in [0.29, 0.717) is 10.8 Å². The van der Waals surface area contributed by atoms with Crippen molar-refractivity contribution in [3.05, 3.63) is 76.9 Å². The molecule has 0 unspecified atom stereocenters. The topological polar surface area (TPSA) is 76.0 Å². The highest BCUT2D eigenvalue weighted by molar-refractivity contribution is 6.31. The zero-order valence-corrected chi connectivity index (χ0v) is 14.8. The summed E-state index contributed by atoms with van der Waals surface area (Å²) in [5.74, 6) is -0.178. The van der Waals surface area contributed by atoms with Gasteiger partial charge in [0.1, 0.15) is 5.82 Å². The molecule has 0 aliphatic rings. The van der Waals surface area contributed by atoms with Crippen molar-refractivity contribution in [3.8, 4) is 5.69 Å². The molecule has 0 bridgehead atoms. The van der Waals surface area contributed by atoms with Gasteiger partial charge in [-0.2, -0.15) is 5.10 Å². The number of benzene rings is 2. The van der Waals surface area contributed by atoms with Crippen LogP contribution in [0.5, 0.6) is 0 Å². The number of nitrogens with zero attached hydrogens (tertiary/aromatic N) is 2. The van der Waals surface area contributed by atoms with Gasteiger partial charge in [0.2, 0.25) is 5.91 Å². The second-order valence-electron chi connectivity index (χ2n) is 5.62. The van der Waals surface area contributed by atoms with Gasteiger partial charge >= 0.3 is 0 Å². The van der Waals surface area contributed by atoms with Crippen LogP contribution in [0.15, 0.2) is 60.7 Å². The number of rotatable bonds is 5. The SMILES string of the molecule is CC(=O)Nc1cc(C(=O)NCc2ccccc2Cl)nn1-c1ccccc1. The molecule has 0 saturated carbocycles. The minimum absolute atomic E-state index is 0.199. The third-order valence-electron chi connectivity index (χ3n) is 3.64. The first-order valence-corrected chi connectivity index (χ1v) is 8.37. The van der Waals surface area contributed by atoms with Crippen molar-refractivity contribution in [2.45, 2.75) is 13.5 Å². The first-order chi connectivity index (χ1) is 12.5. The van der Waals surface area contributed by atoms with E-state index in [2.05, 4.69) is 15.7 Å². The molecule has 3 rings (SSSR count). The summed E-state index contributed by atoms with van der Waals surface area (Å²) in [4.78, 5) is 23.9. The molecule has 0 saturated heterocycles. The molecule has 0 fully saturated rings. The van der Waals surface area contributed by atoms with Crippen LogP contribution in [-0.4, -0.2) is 21.6 Å². The number of aromatic nitrogens is 2. The number of amides is 2. The van der Waals surface area contributed by atoms with Gasteiger partial charge < -0.3 is 10.6 Å². The summed E-state index contributed by atoms with van der Waals surface area (Å²) in [5, 5.41) is 10.4. The van der Waals surface area contributed by atoms with Crippen molar-refractivity contribution in [1.29, 1.82) is 0 Å². The van der Waals surface area contributed by atoms with Crippen LogP contribution >= 0.6 is 11.6 Å². The van der Waals surface area contributed by atoms with E-state index in [1.807, 2.05) is 48.5 Å². The Kier molecular flexibility index (Phi) is 5.34. The van der Waals surface area contributed by atoms with Crippen molar-refractivity contribution in [1.82, 2.24) is 15.1 Å². The van der Waals surface area contributed by atoms with Gasteiger partial charge in [0, 0.05) is 24.6 Å². The fraction of sp³-hybridized carbons (Fsp3) is 0.105. The van der Waals surface area contributed by atoms with Gasteiger partial charge in [-0.15, -0.1) is 0 Å². The molecule has 0 atom stereocenters. The number of anilines is 1. The molecule has 2 amide bonds. The van der Waals surface area contributed by atoms with Crippen molar-refractivity contribution in [2.24, 2.45) is 0 Å². The predicted octanol–water partition coefficient (Wildman–Crippen LogP) is 3.41. The van der Waals surface area contributed by atoms with Gasteiger partial charge in [0.05, 0.1) is 5.69 Å². The van der Waals surface area contributed by atoms with E-state index in [1.165, 1.54) is 17.7 Å². The number of carbonyl (C=O) groups is 2. The largest absolute Gasteiger partial charge is 0.347 e. The molecule has 0 aliphatic heterocycles. The number of halogens is 1. The molecule has 6 nitrogen and oxygen atoms in total. The molecule has 7 heteroatoms. The Balaban J connectivity index is 1.83. The van der Waals surface area contributed by atoms with Gasteiger partial charge in [0.15, 0.2) is 5.69 Å². The minimum atomic E-state index is -0.355. The molecule has 2 N–H and O–H groups in total. The average Bonchev–Trinajstić information content (AvgIpc) is 3.04. The lowest BCUT2D eigenvalue weighted by atomic mass is 10.2. The second kappa shape index (κ2) is 7.84. The average molecular weight is 369 g/mol. The van der Waals surface area contributed by atoms with E-state index < -0.39 is 0 Å². The van der Waals surface area contributed by atoms with E-state index in [1.54, 1.807) is 6.07 Å². The Morgan fingerprint density at radius 3 is 2.46 bits per heavy atom. The van der Waals surface area contributed by atoms with E-state index in [9.17, 15) is 9.59 Å². The molecule has 1 heterocycles. The highest BCUT2D eigenvalue weighted by Gasteiger charge is 2.16. The van der Waals surface area contributed by atoms with Gasteiger partial charge in [-0.1, -0.05) is 48.0 Å². The number of nitrogens with one attached hydrogen (secondary N) is 2. The number of hydrogen-bond acceptors (Lipinski definition) is 3. The number of carbonyl (C=O) groups excluding carboxylic acids is 2. The fourth-order valence-corrected chi connectivity index (χ4v) is 2.64. The lowest BCUT2D eigenvalue weighted by Crippen LogP contribution is -2.23. The molecule has 26 heavy (non-hydrogen) atoms. The van der Waals surface area contributed by atoms with Gasteiger partial charge in [0.25, 0.3) is 5.91 Å². The molecule has 0 aliphatic carbocycles.